The molecule has 1 amide bonds. The smallest absolute Gasteiger partial charge is 0.259 e. The van der Waals surface area contributed by atoms with Crippen molar-refractivity contribution in [2.24, 2.45) is 0 Å². The van der Waals surface area contributed by atoms with Gasteiger partial charge in [0.1, 0.15) is 17.4 Å². The van der Waals surface area contributed by atoms with Crippen molar-refractivity contribution in [2.75, 3.05) is 5.32 Å². The molecule has 0 saturated heterocycles. The van der Waals surface area contributed by atoms with Gasteiger partial charge in [0.2, 0.25) is 0 Å². The summed E-state index contributed by atoms with van der Waals surface area (Å²) in [5.41, 5.74) is -0.210. The van der Waals surface area contributed by atoms with Crippen LogP contribution in [0.15, 0.2) is 36.4 Å². The number of halogens is 2. The van der Waals surface area contributed by atoms with Crippen molar-refractivity contribution in [3.05, 3.63) is 59.2 Å². The van der Waals surface area contributed by atoms with E-state index in [-0.39, 0.29) is 16.8 Å². The summed E-state index contributed by atoms with van der Waals surface area (Å²) in [7, 11) is 0. The lowest BCUT2D eigenvalue weighted by Crippen LogP contribution is -2.13. The van der Waals surface area contributed by atoms with E-state index in [4.69, 9.17) is 5.26 Å². The third-order valence-electron chi connectivity index (χ3n) is 2.55. The molecule has 2 aromatic carbocycles. The largest absolute Gasteiger partial charge is 0.507 e. The van der Waals surface area contributed by atoms with Crippen LogP contribution in [0, 0.1) is 23.0 Å². The minimum Gasteiger partial charge on any atom is -0.507 e. The van der Waals surface area contributed by atoms with Gasteiger partial charge in [-0.1, -0.05) is 0 Å². The second-order valence-electron chi connectivity index (χ2n) is 3.92. The van der Waals surface area contributed by atoms with Crippen LogP contribution in [0.3, 0.4) is 0 Å². The lowest BCUT2D eigenvalue weighted by atomic mass is 10.1. The Morgan fingerprint density at radius 2 is 1.95 bits per heavy atom. The summed E-state index contributed by atoms with van der Waals surface area (Å²) in [5.74, 6) is -2.80. The molecular weight excluding hydrogens is 266 g/mol. The molecule has 6 heteroatoms. The van der Waals surface area contributed by atoms with Crippen LogP contribution in [0.5, 0.6) is 5.75 Å². The Morgan fingerprint density at radius 3 is 2.55 bits per heavy atom. The van der Waals surface area contributed by atoms with E-state index < -0.39 is 23.3 Å². The first-order chi connectivity index (χ1) is 9.51. The van der Waals surface area contributed by atoms with Crippen molar-refractivity contribution < 1.29 is 18.7 Å². The van der Waals surface area contributed by atoms with Crippen LogP contribution >= 0.6 is 0 Å². The molecule has 0 atom stereocenters. The van der Waals surface area contributed by atoms with E-state index in [0.29, 0.717) is 0 Å². The van der Waals surface area contributed by atoms with E-state index >= 15 is 0 Å². The van der Waals surface area contributed by atoms with Crippen LogP contribution in [0.2, 0.25) is 0 Å². The van der Waals surface area contributed by atoms with Crippen molar-refractivity contribution in [3.8, 4) is 11.8 Å². The highest BCUT2D eigenvalue weighted by Gasteiger charge is 2.14. The number of benzene rings is 2. The maximum Gasteiger partial charge on any atom is 0.259 e. The molecular formula is C14H8F2N2O2. The fourth-order valence-corrected chi connectivity index (χ4v) is 1.57. The SMILES string of the molecule is N#Cc1ccc(NC(=O)c2ccc(F)cc2O)c(F)c1. The molecule has 100 valence electrons. The second kappa shape index (κ2) is 5.36. The van der Waals surface area contributed by atoms with Gasteiger partial charge < -0.3 is 10.4 Å². The summed E-state index contributed by atoms with van der Waals surface area (Å²) in [6.07, 6.45) is 0. The predicted octanol–water partition coefficient (Wildman–Crippen LogP) is 2.79. The molecule has 2 aromatic rings. The van der Waals surface area contributed by atoms with Crippen LogP contribution in [0.4, 0.5) is 14.5 Å². The number of nitrogens with one attached hydrogen (secondary N) is 1. The fourth-order valence-electron chi connectivity index (χ4n) is 1.57. The molecule has 20 heavy (non-hydrogen) atoms. The van der Waals surface area contributed by atoms with Gasteiger partial charge in [-0.05, 0) is 30.3 Å². The summed E-state index contributed by atoms with van der Waals surface area (Å²) >= 11 is 0. The molecule has 0 spiro atoms. The van der Waals surface area contributed by atoms with Gasteiger partial charge in [-0.2, -0.15) is 5.26 Å². The highest BCUT2D eigenvalue weighted by Crippen LogP contribution is 2.21. The first kappa shape index (κ1) is 13.5. The summed E-state index contributed by atoms with van der Waals surface area (Å²) < 4.78 is 26.4. The monoisotopic (exact) mass is 274 g/mol. The number of carbonyl (C=O) groups is 1. The Kier molecular flexibility index (Phi) is 3.62. The molecule has 0 radical (unpaired) electrons. The molecule has 2 rings (SSSR count). The number of hydrogen-bond acceptors (Lipinski definition) is 3. The van der Waals surface area contributed by atoms with Crippen molar-refractivity contribution in [1.29, 1.82) is 5.26 Å². The fraction of sp³-hybridized carbons (Fsp3) is 0. The number of hydrogen-bond donors (Lipinski definition) is 2. The molecule has 0 saturated carbocycles. The number of amides is 1. The van der Waals surface area contributed by atoms with Gasteiger partial charge in [0.05, 0.1) is 22.9 Å². The zero-order valence-corrected chi connectivity index (χ0v) is 10.0. The normalized spacial score (nSPS) is 9.85. The van der Waals surface area contributed by atoms with Gasteiger partial charge in [0.15, 0.2) is 0 Å². The lowest BCUT2D eigenvalue weighted by Gasteiger charge is -2.08. The summed E-state index contributed by atoms with van der Waals surface area (Å²) in [5, 5.41) is 20.3. The molecule has 0 aliphatic rings. The van der Waals surface area contributed by atoms with Crippen molar-refractivity contribution in [1.82, 2.24) is 0 Å². The summed E-state index contributed by atoms with van der Waals surface area (Å²) in [6, 6.07) is 8.17. The Labute approximate surface area is 112 Å². The molecule has 0 aromatic heterocycles. The van der Waals surface area contributed by atoms with Gasteiger partial charge in [-0.3, -0.25) is 4.79 Å². The Balaban J connectivity index is 2.26. The van der Waals surface area contributed by atoms with Crippen molar-refractivity contribution in [2.45, 2.75) is 0 Å². The van der Waals surface area contributed by atoms with E-state index in [2.05, 4.69) is 5.32 Å². The van der Waals surface area contributed by atoms with E-state index in [0.717, 1.165) is 24.3 Å². The number of phenols is 1. The van der Waals surface area contributed by atoms with Gasteiger partial charge in [0.25, 0.3) is 5.91 Å². The van der Waals surface area contributed by atoms with E-state index in [1.165, 1.54) is 12.1 Å². The van der Waals surface area contributed by atoms with Crippen LogP contribution in [-0.4, -0.2) is 11.0 Å². The zero-order valence-electron chi connectivity index (χ0n) is 10.0. The predicted molar refractivity (Wildman–Crippen MR) is 67.1 cm³/mol. The molecule has 2 N–H and O–H groups in total. The number of carbonyl (C=O) groups excluding carboxylic acids is 1. The number of nitriles is 1. The Hall–Kier alpha value is -2.94. The van der Waals surface area contributed by atoms with Gasteiger partial charge >= 0.3 is 0 Å². The topological polar surface area (TPSA) is 73.1 Å². The third-order valence-corrected chi connectivity index (χ3v) is 2.55. The van der Waals surface area contributed by atoms with Gasteiger partial charge in [-0.25, -0.2) is 8.78 Å². The van der Waals surface area contributed by atoms with Crippen LogP contribution in [0.1, 0.15) is 15.9 Å². The first-order valence-corrected chi connectivity index (χ1v) is 5.51. The second-order valence-corrected chi connectivity index (χ2v) is 3.92. The average molecular weight is 274 g/mol. The molecule has 0 bridgehead atoms. The van der Waals surface area contributed by atoms with E-state index in [1.54, 1.807) is 6.07 Å². The van der Waals surface area contributed by atoms with Crippen molar-refractivity contribution in [3.63, 3.8) is 0 Å². The highest BCUT2D eigenvalue weighted by molar-refractivity contribution is 6.06. The Bertz CT molecular complexity index is 724. The van der Waals surface area contributed by atoms with Crippen LogP contribution in [0.25, 0.3) is 0 Å². The van der Waals surface area contributed by atoms with E-state index in [9.17, 15) is 18.7 Å². The maximum atomic E-state index is 13.6. The lowest BCUT2D eigenvalue weighted by molar-refractivity contribution is 0.102. The molecule has 0 unspecified atom stereocenters. The van der Waals surface area contributed by atoms with Crippen molar-refractivity contribution >= 4 is 11.6 Å². The molecule has 0 heterocycles. The minimum absolute atomic E-state index is 0.116. The standard InChI is InChI=1S/C14H8F2N2O2/c15-9-2-3-10(13(19)6-9)14(20)18-12-4-1-8(7-17)5-11(12)16/h1-6,19H,(H,18,20). The molecule has 0 aliphatic carbocycles. The zero-order chi connectivity index (χ0) is 14.7. The summed E-state index contributed by atoms with van der Waals surface area (Å²) in [6.45, 7) is 0. The molecule has 4 nitrogen and oxygen atoms in total. The average Bonchev–Trinajstić information content (AvgIpc) is 2.40. The Morgan fingerprint density at radius 1 is 1.20 bits per heavy atom. The number of anilines is 1. The third kappa shape index (κ3) is 2.72. The van der Waals surface area contributed by atoms with Gasteiger partial charge in [0, 0.05) is 6.07 Å². The minimum atomic E-state index is -0.786. The summed E-state index contributed by atoms with van der Waals surface area (Å²) in [4.78, 5) is 11.8. The molecule has 0 fully saturated rings. The van der Waals surface area contributed by atoms with E-state index in [1.807, 2.05) is 0 Å². The number of phenolic OH excluding ortho intramolecular Hbond substituents is 1. The number of aromatic hydroxyl groups is 1. The first-order valence-electron chi connectivity index (χ1n) is 5.51. The number of rotatable bonds is 2. The molecule has 0 aliphatic heterocycles. The number of nitrogens with zero attached hydrogens (tertiary/aromatic N) is 1. The quantitative estimate of drug-likeness (QED) is 0.884. The highest BCUT2D eigenvalue weighted by atomic mass is 19.1. The van der Waals surface area contributed by atoms with Crippen LogP contribution < -0.4 is 5.32 Å². The van der Waals surface area contributed by atoms with Gasteiger partial charge in [-0.15, -0.1) is 0 Å². The van der Waals surface area contributed by atoms with Crippen LogP contribution in [-0.2, 0) is 0 Å². The maximum absolute atomic E-state index is 13.6.